The molecule has 0 fully saturated rings. The number of nitrogens with zero attached hydrogens (tertiary/aromatic N) is 1. The number of ether oxygens (including phenoxy) is 1. The molecule has 19 heavy (non-hydrogen) atoms. The molecule has 0 saturated carbocycles. The summed E-state index contributed by atoms with van der Waals surface area (Å²) < 4.78 is 5.92. The minimum atomic E-state index is 0.508. The van der Waals surface area contributed by atoms with Gasteiger partial charge in [-0.1, -0.05) is 18.2 Å². The zero-order valence-electron chi connectivity index (χ0n) is 10.9. The average Bonchev–Trinajstić information content (AvgIpc) is 2.48. The highest BCUT2D eigenvalue weighted by molar-refractivity contribution is 5.43. The van der Waals surface area contributed by atoms with Gasteiger partial charge in [0, 0.05) is 18.8 Å². The second-order valence-corrected chi connectivity index (χ2v) is 4.91. The second kappa shape index (κ2) is 5.41. The van der Waals surface area contributed by atoms with Crippen LogP contribution >= 0.6 is 0 Å². The van der Waals surface area contributed by atoms with Crippen molar-refractivity contribution in [1.29, 1.82) is 0 Å². The van der Waals surface area contributed by atoms with Crippen molar-refractivity contribution in [1.82, 2.24) is 4.98 Å². The molecule has 0 atom stereocenters. The Morgan fingerprint density at radius 3 is 2.79 bits per heavy atom. The molecule has 1 aromatic heterocycles. The summed E-state index contributed by atoms with van der Waals surface area (Å²) in [5, 5.41) is 0. The molecule has 98 valence electrons. The maximum Gasteiger partial charge on any atom is 0.219 e. The topological polar surface area (TPSA) is 48.1 Å². The van der Waals surface area contributed by atoms with Gasteiger partial charge in [-0.05, 0) is 48.4 Å². The van der Waals surface area contributed by atoms with Crippen LogP contribution in [0.1, 0.15) is 29.5 Å². The summed E-state index contributed by atoms with van der Waals surface area (Å²) in [7, 11) is 0. The Bertz CT molecular complexity index is 563. The Morgan fingerprint density at radius 1 is 1.11 bits per heavy atom. The number of pyridine rings is 1. The smallest absolute Gasteiger partial charge is 0.219 e. The molecule has 0 aliphatic heterocycles. The molecular weight excluding hydrogens is 236 g/mol. The SMILES string of the molecule is NCc1ccc(Oc2cccc3c2CCCC3)nc1. The third-order valence-electron chi connectivity index (χ3n) is 3.60. The summed E-state index contributed by atoms with van der Waals surface area (Å²) in [5.74, 6) is 1.58. The van der Waals surface area contributed by atoms with Gasteiger partial charge in [-0.25, -0.2) is 4.98 Å². The number of hydrogen-bond acceptors (Lipinski definition) is 3. The van der Waals surface area contributed by atoms with E-state index < -0.39 is 0 Å². The van der Waals surface area contributed by atoms with Crippen LogP contribution in [-0.2, 0) is 19.4 Å². The highest BCUT2D eigenvalue weighted by Crippen LogP contribution is 2.31. The Labute approximate surface area is 113 Å². The monoisotopic (exact) mass is 254 g/mol. The number of aromatic nitrogens is 1. The molecular formula is C16H18N2O. The number of nitrogens with two attached hydrogens (primary N) is 1. The van der Waals surface area contributed by atoms with Crippen LogP contribution in [0.4, 0.5) is 0 Å². The number of hydrogen-bond donors (Lipinski definition) is 1. The summed E-state index contributed by atoms with van der Waals surface area (Å²) in [6, 6.07) is 10.1. The summed E-state index contributed by atoms with van der Waals surface area (Å²) in [4.78, 5) is 4.29. The van der Waals surface area contributed by atoms with Crippen LogP contribution in [0.15, 0.2) is 36.5 Å². The molecule has 0 bridgehead atoms. The predicted octanol–water partition coefficient (Wildman–Crippen LogP) is 3.21. The van der Waals surface area contributed by atoms with Gasteiger partial charge in [0.05, 0.1) is 0 Å². The molecule has 0 radical (unpaired) electrons. The van der Waals surface area contributed by atoms with Crippen LogP contribution in [0.25, 0.3) is 0 Å². The van der Waals surface area contributed by atoms with Gasteiger partial charge in [0.1, 0.15) is 5.75 Å². The first-order valence-electron chi connectivity index (χ1n) is 6.80. The van der Waals surface area contributed by atoms with E-state index in [1.165, 1.54) is 24.0 Å². The maximum atomic E-state index is 5.92. The lowest BCUT2D eigenvalue weighted by Crippen LogP contribution is -2.04. The minimum Gasteiger partial charge on any atom is -0.439 e. The van der Waals surface area contributed by atoms with E-state index in [-0.39, 0.29) is 0 Å². The average molecular weight is 254 g/mol. The zero-order chi connectivity index (χ0) is 13.1. The molecule has 1 aliphatic rings. The van der Waals surface area contributed by atoms with E-state index in [4.69, 9.17) is 10.5 Å². The quantitative estimate of drug-likeness (QED) is 0.915. The zero-order valence-corrected chi connectivity index (χ0v) is 10.9. The normalized spacial score (nSPS) is 13.9. The molecule has 0 amide bonds. The number of benzene rings is 1. The van der Waals surface area contributed by atoms with Crippen molar-refractivity contribution in [2.45, 2.75) is 32.2 Å². The lowest BCUT2D eigenvalue weighted by atomic mass is 9.91. The van der Waals surface area contributed by atoms with E-state index in [0.717, 1.165) is 24.2 Å². The summed E-state index contributed by atoms with van der Waals surface area (Å²) in [6.07, 6.45) is 6.55. The van der Waals surface area contributed by atoms with Gasteiger partial charge in [0.2, 0.25) is 5.88 Å². The lowest BCUT2D eigenvalue weighted by molar-refractivity contribution is 0.452. The van der Waals surface area contributed by atoms with E-state index in [9.17, 15) is 0 Å². The van der Waals surface area contributed by atoms with Crippen molar-refractivity contribution in [3.8, 4) is 11.6 Å². The number of rotatable bonds is 3. The van der Waals surface area contributed by atoms with Crippen molar-refractivity contribution in [3.63, 3.8) is 0 Å². The molecule has 0 spiro atoms. The standard InChI is InChI=1S/C16H18N2O/c17-10-12-8-9-16(18-11-12)19-15-7-3-5-13-4-1-2-6-14(13)15/h3,5,7-9,11H,1-2,4,6,10,17H2. The van der Waals surface area contributed by atoms with Crippen molar-refractivity contribution in [2.75, 3.05) is 0 Å². The van der Waals surface area contributed by atoms with Crippen molar-refractivity contribution in [2.24, 2.45) is 5.73 Å². The van der Waals surface area contributed by atoms with E-state index in [0.29, 0.717) is 12.4 Å². The first-order chi connectivity index (χ1) is 9.36. The van der Waals surface area contributed by atoms with Crippen molar-refractivity contribution >= 4 is 0 Å². The van der Waals surface area contributed by atoms with Gasteiger partial charge in [0.15, 0.2) is 0 Å². The molecule has 3 rings (SSSR count). The largest absolute Gasteiger partial charge is 0.439 e. The first kappa shape index (κ1) is 12.2. The fraction of sp³-hybridized carbons (Fsp3) is 0.312. The van der Waals surface area contributed by atoms with Crippen LogP contribution in [-0.4, -0.2) is 4.98 Å². The summed E-state index contributed by atoms with van der Waals surface area (Å²) in [6.45, 7) is 0.508. The fourth-order valence-electron chi connectivity index (χ4n) is 2.55. The summed E-state index contributed by atoms with van der Waals surface area (Å²) >= 11 is 0. The molecule has 3 nitrogen and oxygen atoms in total. The molecule has 1 heterocycles. The Balaban J connectivity index is 1.86. The van der Waals surface area contributed by atoms with Gasteiger partial charge in [-0.2, -0.15) is 0 Å². The van der Waals surface area contributed by atoms with Gasteiger partial charge in [-0.3, -0.25) is 0 Å². The van der Waals surface area contributed by atoms with Crippen LogP contribution in [0.3, 0.4) is 0 Å². The van der Waals surface area contributed by atoms with Crippen LogP contribution < -0.4 is 10.5 Å². The van der Waals surface area contributed by atoms with Crippen molar-refractivity contribution < 1.29 is 4.74 Å². The fourth-order valence-corrected chi connectivity index (χ4v) is 2.55. The Hall–Kier alpha value is -1.87. The Morgan fingerprint density at radius 2 is 2.00 bits per heavy atom. The first-order valence-corrected chi connectivity index (χ1v) is 6.80. The molecule has 1 aromatic carbocycles. The lowest BCUT2D eigenvalue weighted by Gasteiger charge is -2.18. The van der Waals surface area contributed by atoms with Crippen LogP contribution in [0.5, 0.6) is 11.6 Å². The third kappa shape index (κ3) is 2.61. The van der Waals surface area contributed by atoms with Crippen LogP contribution in [0.2, 0.25) is 0 Å². The summed E-state index contributed by atoms with van der Waals surface area (Å²) in [5.41, 5.74) is 9.34. The molecule has 1 aliphatic carbocycles. The highest BCUT2D eigenvalue weighted by atomic mass is 16.5. The third-order valence-corrected chi connectivity index (χ3v) is 3.60. The van der Waals surface area contributed by atoms with Gasteiger partial charge in [-0.15, -0.1) is 0 Å². The molecule has 2 aromatic rings. The number of aryl methyl sites for hydroxylation is 1. The molecule has 3 heteroatoms. The van der Waals surface area contributed by atoms with Gasteiger partial charge < -0.3 is 10.5 Å². The predicted molar refractivity (Wildman–Crippen MR) is 75.3 cm³/mol. The van der Waals surface area contributed by atoms with E-state index >= 15 is 0 Å². The van der Waals surface area contributed by atoms with E-state index in [2.05, 4.69) is 17.1 Å². The van der Waals surface area contributed by atoms with Gasteiger partial charge >= 0.3 is 0 Å². The molecule has 0 unspecified atom stereocenters. The second-order valence-electron chi connectivity index (χ2n) is 4.91. The van der Waals surface area contributed by atoms with Crippen molar-refractivity contribution in [3.05, 3.63) is 53.2 Å². The highest BCUT2D eigenvalue weighted by Gasteiger charge is 2.14. The maximum absolute atomic E-state index is 5.92. The van der Waals surface area contributed by atoms with E-state index in [1.807, 2.05) is 18.2 Å². The Kier molecular flexibility index (Phi) is 3.47. The van der Waals surface area contributed by atoms with E-state index in [1.54, 1.807) is 6.20 Å². The number of fused-ring (bicyclic) bond motifs is 1. The minimum absolute atomic E-state index is 0.508. The van der Waals surface area contributed by atoms with Crippen LogP contribution in [0, 0.1) is 0 Å². The molecule has 2 N–H and O–H groups in total. The molecule has 0 saturated heterocycles. The van der Waals surface area contributed by atoms with Gasteiger partial charge in [0.25, 0.3) is 0 Å².